The third kappa shape index (κ3) is 3.51. The summed E-state index contributed by atoms with van der Waals surface area (Å²) >= 11 is 3.02. The molecule has 3 rings (SSSR count). The highest BCUT2D eigenvalue weighted by Crippen LogP contribution is 2.46. The van der Waals surface area contributed by atoms with E-state index in [1.165, 1.54) is 0 Å². The lowest BCUT2D eigenvalue weighted by atomic mass is 10.2. The molecule has 1 fully saturated rings. The number of carbonyl (C=O) groups excluding carboxylic acids is 1. The first kappa shape index (κ1) is 18.9. The third-order valence-electron chi connectivity index (χ3n) is 4.40. The largest absolute Gasteiger partial charge is 0.436 e. The molecular formula is C16H19BrF3N5O. The molecule has 0 aromatic carbocycles. The van der Waals surface area contributed by atoms with E-state index in [2.05, 4.69) is 31.4 Å². The van der Waals surface area contributed by atoms with Gasteiger partial charge < -0.3 is 5.32 Å². The van der Waals surface area contributed by atoms with Gasteiger partial charge in [0.2, 0.25) is 5.91 Å². The van der Waals surface area contributed by atoms with Crippen molar-refractivity contribution in [2.75, 3.05) is 5.32 Å². The van der Waals surface area contributed by atoms with Gasteiger partial charge in [0, 0.05) is 12.5 Å². The van der Waals surface area contributed by atoms with Gasteiger partial charge in [-0.25, -0.2) is 0 Å². The van der Waals surface area contributed by atoms with Gasteiger partial charge in [-0.15, -0.1) is 0 Å². The molecule has 0 atom stereocenters. The Morgan fingerprint density at radius 1 is 1.27 bits per heavy atom. The van der Waals surface area contributed by atoms with Crippen molar-refractivity contribution in [2.45, 2.75) is 58.8 Å². The number of amides is 1. The zero-order valence-electron chi connectivity index (χ0n) is 14.6. The number of alkyl halides is 3. The van der Waals surface area contributed by atoms with E-state index in [1.54, 1.807) is 11.6 Å². The summed E-state index contributed by atoms with van der Waals surface area (Å²) < 4.78 is 42.3. The van der Waals surface area contributed by atoms with Crippen LogP contribution in [0.15, 0.2) is 4.47 Å². The van der Waals surface area contributed by atoms with Crippen LogP contribution in [-0.2, 0) is 24.1 Å². The van der Waals surface area contributed by atoms with E-state index < -0.39 is 17.8 Å². The van der Waals surface area contributed by atoms with Crippen LogP contribution in [0.25, 0.3) is 0 Å². The van der Waals surface area contributed by atoms with Gasteiger partial charge in [-0.1, -0.05) is 0 Å². The number of carbonyl (C=O) groups is 1. The molecule has 1 aliphatic rings. The minimum Gasteiger partial charge on any atom is -0.321 e. The maximum Gasteiger partial charge on any atom is 0.436 e. The Bertz CT molecular complexity index is 851. The van der Waals surface area contributed by atoms with E-state index in [1.807, 2.05) is 13.8 Å². The third-order valence-corrected chi connectivity index (χ3v) is 5.18. The van der Waals surface area contributed by atoms with E-state index in [-0.39, 0.29) is 16.9 Å². The number of aryl methyl sites for hydroxylation is 2. The van der Waals surface area contributed by atoms with Crippen LogP contribution < -0.4 is 5.32 Å². The molecule has 1 amide bonds. The fourth-order valence-corrected chi connectivity index (χ4v) is 3.83. The van der Waals surface area contributed by atoms with Gasteiger partial charge in [-0.2, -0.15) is 23.4 Å². The van der Waals surface area contributed by atoms with Crippen molar-refractivity contribution in [1.29, 1.82) is 0 Å². The maximum absolute atomic E-state index is 13.1. The van der Waals surface area contributed by atoms with Gasteiger partial charge in [-0.05, 0) is 49.5 Å². The van der Waals surface area contributed by atoms with Crippen molar-refractivity contribution in [3.8, 4) is 0 Å². The molecule has 1 N–H and O–H groups in total. The van der Waals surface area contributed by atoms with Crippen LogP contribution in [0.4, 0.5) is 18.9 Å². The smallest absolute Gasteiger partial charge is 0.321 e. The van der Waals surface area contributed by atoms with Crippen LogP contribution in [0.3, 0.4) is 0 Å². The SMILES string of the molecule is CCn1nc(C)c(NC(=O)Cn2nc(C(F)(F)F)c(Br)c2C2CC2)c1C. The van der Waals surface area contributed by atoms with Crippen molar-refractivity contribution >= 4 is 27.5 Å². The second-order valence-corrected chi connectivity index (χ2v) is 7.18. The Kier molecular flexibility index (Phi) is 4.89. The molecule has 0 unspecified atom stereocenters. The van der Waals surface area contributed by atoms with E-state index in [0.29, 0.717) is 23.6 Å². The molecule has 0 spiro atoms. The molecule has 1 saturated carbocycles. The number of aromatic nitrogens is 4. The zero-order valence-corrected chi connectivity index (χ0v) is 16.2. The summed E-state index contributed by atoms with van der Waals surface area (Å²) in [5, 5.41) is 10.7. The van der Waals surface area contributed by atoms with E-state index >= 15 is 0 Å². The zero-order chi connectivity index (χ0) is 19.2. The molecule has 142 valence electrons. The van der Waals surface area contributed by atoms with E-state index in [9.17, 15) is 18.0 Å². The predicted molar refractivity (Wildman–Crippen MR) is 92.9 cm³/mol. The Balaban J connectivity index is 1.85. The van der Waals surface area contributed by atoms with Crippen LogP contribution in [0, 0.1) is 13.8 Å². The maximum atomic E-state index is 13.1. The van der Waals surface area contributed by atoms with Crippen LogP contribution in [-0.4, -0.2) is 25.5 Å². The van der Waals surface area contributed by atoms with Crippen molar-refractivity contribution < 1.29 is 18.0 Å². The summed E-state index contributed by atoms with van der Waals surface area (Å²) in [4.78, 5) is 12.4. The summed E-state index contributed by atoms with van der Waals surface area (Å²) in [5.74, 6) is -0.426. The fourth-order valence-electron chi connectivity index (χ4n) is 3.00. The lowest BCUT2D eigenvalue weighted by Gasteiger charge is -2.09. The fraction of sp³-hybridized carbons (Fsp3) is 0.562. The quantitative estimate of drug-likeness (QED) is 0.774. The Labute approximate surface area is 156 Å². The summed E-state index contributed by atoms with van der Waals surface area (Å²) in [6.45, 7) is 5.93. The molecule has 26 heavy (non-hydrogen) atoms. The molecule has 1 aliphatic carbocycles. The predicted octanol–water partition coefficient (Wildman–Crippen LogP) is 4.01. The second-order valence-electron chi connectivity index (χ2n) is 6.39. The van der Waals surface area contributed by atoms with Crippen molar-refractivity contribution in [3.05, 3.63) is 27.2 Å². The monoisotopic (exact) mass is 433 g/mol. The normalized spacial score (nSPS) is 14.7. The van der Waals surface area contributed by atoms with Crippen LogP contribution in [0.2, 0.25) is 0 Å². The molecule has 0 saturated heterocycles. The molecular weight excluding hydrogens is 415 g/mol. The lowest BCUT2D eigenvalue weighted by Crippen LogP contribution is -2.22. The molecule has 10 heteroatoms. The van der Waals surface area contributed by atoms with Crippen molar-refractivity contribution in [1.82, 2.24) is 19.6 Å². The number of anilines is 1. The topological polar surface area (TPSA) is 64.7 Å². The number of hydrogen-bond acceptors (Lipinski definition) is 3. The number of hydrogen-bond donors (Lipinski definition) is 1. The molecule has 0 aliphatic heterocycles. The summed E-state index contributed by atoms with van der Waals surface area (Å²) in [5.41, 5.74) is 1.51. The number of halogens is 4. The lowest BCUT2D eigenvalue weighted by molar-refractivity contribution is -0.142. The average molecular weight is 434 g/mol. The van der Waals surface area contributed by atoms with Crippen molar-refractivity contribution in [2.24, 2.45) is 0 Å². The number of nitrogens with zero attached hydrogens (tertiary/aromatic N) is 4. The minimum atomic E-state index is -4.57. The van der Waals surface area contributed by atoms with Crippen LogP contribution >= 0.6 is 15.9 Å². The molecule has 0 bridgehead atoms. The van der Waals surface area contributed by atoms with Crippen molar-refractivity contribution in [3.63, 3.8) is 0 Å². The molecule has 6 nitrogen and oxygen atoms in total. The summed E-state index contributed by atoms with van der Waals surface area (Å²) in [6.07, 6.45) is -2.98. The van der Waals surface area contributed by atoms with E-state index in [4.69, 9.17) is 0 Å². The summed E-state index contributed by atoms with van der Waals surface area (Å²) in [6, 6.07) is 0. The first-order chi connectivity index (χ1) is 12.1. The first-order valence-corrected chi connectivity index (χ1v) is 9.10. The van der Waals surface area contributed by atoms with Gasteiger partial charge in [0.15, 0.2) is 5.69 Å². The highest BCUT2D eigenvalue weighted by molar-refractivity contribution is 9.10. The Morgan fingerprint density at radius 3 is 2.42 bits per heavy atom. The Morgan fingerprint density at radius 2 is 1.92 bits per heavy atom. The van der Waals surface area contributed by atoms with Crippen LogP contribution in [0.1, 0.15) is 48.5 Å². The highest BCUT2D eigenvalue weighted by atomic mass is 79.9. The summed E-state index contributed by atoms with van der Waals surface area (Å²) in [7, 11) is 0. The van der Waals surface area contributed by atoms with Crippen LogP contribution in [0.5, 0.6) is 0 Å². The molecule has 2 heterocycles. The second kappa shape index (κ2) is 6.71. The number of rotatable bonds is 5. The minimum absolute atomic E-state index is 0.00656. The van der Waals surface area contributed by atoms with Gasteiger partial charge in [0.1, 0.15) is 6.54 Å². The molecule has 2 aromatic rings. The Hall–Kier alpha value is -1.84. The highest BCUT2D eigenvalue weighted by Gasteiger charge is 2.42. The first-order valence-electron chi connectivity index (χ1n) is 8.30. The van der Waals surface area contributed by atoms with E-state index in [0.717, 1.165) is 23.2 Å². The van der Waals surface area contributed by atoms with Gasteiger partial charge in [0.05, 0.1) is 27.2 Å². The van der Waals surface area contributed by atoms with Gasteiger partial charge >= 0.3 is 6.18 Å². The molecule has 0 radical (unpaired) electrons. The van der Waals surface area contributed by atoms with Gasteiger partial charge in [0.25, 0.3) is 0 Å². The number of nitrogens with one attached hydrogen (secondary N) is 1. The average Bonchev–Trinajstić information content (AvgIpc) is 3.27. The molecule has 2 aromatic heterocycles. The standard InChI is InChI=1S/C16H19BrF3N5O/c1-4-24-9(3)13(8(2)22-24)21-11(26)7-25-14(10-5-6-10)12(17)15(23-25)16(18,19)20/h10H,4-7H2,1-3H3,(H,21,26). The van der Waals surface area contributed by atoms with Gasteiger partial charge in [-0.3, -0.25) is 14.2 Å².